The van der Waals surface area contributed by atoms with E-state index in [4.69, 9.17) is 11.6 Å². The molecule has 5 rings (SSSR count). The van der Waals surface area contributed by atoms with Crippen LogP contribution in [0.25, 0.3) is 10.2 Å². The monoisotopic (exact) mass is 469 g/mol. The van der Waals surface area contributed by atoms with E-state index in [-0.39, 0.29) is 17.9 Å². The van der Waals surface area contributed by atoms with Gasteiger partial charge in [-0.25, -0.2) is 0 Å². The summed E-state index contributed by atoms with van der Waals surface area (Å²) in [5.41, 5.74) is 1.24. The molecule has 1 saturated carbocycles. The lowest BCUT2D eigenvalue weighted by Gasteiger charge is -2.45. The van der Waals surface area contributed by atoms with Crippen molar-refractivity contribution in [2.24, 2.45) is 11.8 Å². The van der Waals surface area contributed by atoms with Crippen molar-refractivity contribution in [1.82, 2.24) is 9.88 Å². The summed E-state index contributed by atoms with van der Waals surface area (Å²) in [6.45, 7) is 6.76. The molecule has 2 aliphatic rings. The third-order valence-corrected chi connectivity index (χ3v) is 8.61. The van der Waals surface area contributed by atoms with Crippen LogP contribution < -0.4 is 10.2 Å². The number of carbonyl (C=O) groups excluding carboxylic acids is 2. The highest BCUT2D eigenvalue weighted by Crippen LogP contribution is 2.38. The van der Waals surface area contributed by atoms with E-state index in [1.165, 1.54) is 6.42 Å². The maximum Gasteiger partial charge on any atom is 0.275 e. The number of nitrogens with zero attached hydrogens (tertiary/aromatic N) is 2. The average Bonchev–Trinajstić information content (AvgIpc) is 3.35. The summed E-state index contributed by atoms with van der Waals surface area (Å²) < 4.78 is 3.07. The van der Waals surface area contributed by atoms with Crippen LogP contribution in [0, 0.1) is 11.8 Å². The van der Waals surface area contributed by atoms with E-state index in [2.05, 4.69) is 19.2 Å². The van der Waals surface area contributed by atoms with Crippen molar-refractivity contribution in [2.75, 3.05) is 4.90 Å². The van der Waals surface area contributed by atoms with Gasteiger partial charge in [-0.3, -0.25) is 14.5 Å². The minimum atomic E-state index is -1.06. The van der Waals surface area contributed by atoms with E-state index >= 15 is 0 Å². The molecule has 2 amide bonds. The van der Waals surface area contributed by atoms with Gasteiger partial charge in [0.2, 0.25) is 5.91 Å². The second-order valence-corrected chi connectivity index (χ2v) is 10.9. The lowest BCUT2D eigenvalue weighted by molar-refractivity contribution is -0.128. The first-order chi connectivity index (χ1) is 15.3. The minimum absolute atomic E-state index is 0.102. The molecule has 3 aromatic rings. The Kier molecular flexibility index (Phi) is 5.33. The van der Waals surface area contributed by atoms with Gasteiger partial charge in [-0.2, -0.15) is 0 Å². The van der Waals surface area contributed by atoms with Crippen LogP contribution >= 0.6 is 22.9 Å². The number of hydrogen-bond acceptors (Lipinski definition) is 3. The van der Waals surface area contributed by atoms with Gasteiger partial charge in [0.15, 0.2) is 0 Å². The molecule has 1 fully saturated rings. The summed E-state index contributed by atoms with van der Waals surface area (Å²) in [5, 5.41) is 5.96. The zero-order chi connectivity index (χ0) is 22.6. The highest BCUT2D eigenvalue weighted by Gasteiger charge is 2.49. The smallest absolute Gasteiger partial charge is 0.275 e. The molecular formula is C25H28ClN3O2S. The molecule has 0 saturated heterocycles. The van der Waals surface area contributed by atoms with Crippen molar-refractivity contribution in [3.8, 4) is 0 Å². The highest BCUT2D eigenvalue weighted by molar-refractivity contribution is 7.17. The Hall–Kier alpha value is -2.31. The van der Waals surface area contributed by atoms with E-state index in [9.17, 15) is 9.59 Å². The maximum atomic E-state index is 13.9. The summed E-state index contributed by atoms with van der Waals surface area (Å²) in [6, 6.07) is 11.2. The van der Waals surface area contributed by atoms with Crippen LogP contribution in [0.5, 0.6) is 0 Å². The number of fused-ring (bicyclic) bond motifs is 3. The second-order valence-electron chi connectivity index (χ2n) is 9.52. The molecule has 7 heteroatoms. The number of halogens is 1. The highest BCUT2D eigenvalue weighted by atomic mass is 35.5. The molecule has 1 aromatic carbocycles. The van der Waals surface area contributed by atoms with E-state index < -0.39 is 5.54 Å². The Labute approximate surface area is 197 Å². The number of benzene rings is 1. The first-order valence-corrected chi connectivity index (χ1v) is 12.5. The normalized spacial score (nSPS) is 28.1. The molecule has 4 atom stereocenters. The lowest BCUT2D eigenvalue weighted by atomic mass is 9.77. The molecular weight excluding hydrogens is 442 g/mol. The van der Waals surface area contributed by atoms with E-state index in [0.717, 1.165) is 23.1 Å². The van der Waals surface area contributed by atoms with Crippen LogP contribution in [0.15, 0.2) is 41.8 Å². The van der Waals surface area contributed by atoms with E-state index in [0.29, 0.717) is 34.8 Å². The van der Waals surface area contributed by atoms with Gasteiger partial charge in [-0.1, -0.05) is 38.3 Å². The Morgan fingerprint density at radius 2 is 1.94 bits per heavy atom. The van der Waals surface area contributed by atoms with Crippen LogP contribution in [0.4, 0.5) is 5.69 Å². The first-order valence-electron chi connectivity index (χ1n) is 11.3. The first kappa shape index (κ1) is 21.5. The third kappa shape index (κ3) is 3.35. The SMILES string of the molecule is C[C@@H]1[C@H](C)CCC[C@@H]1NC(=O)[C@]1(C)Cn2c(cc3sccc32)C(=O)N1c1ccc(Cl)cc1. The number of carbonyl (C=O) groups is 2. The fourth-order valence-corrected chi connectivity index (χ4v) is 6.27. The van der Waals surface area contributed by atoms with Gasteiger partial charge in [-0.05, 0) is 67.0 Å². The molecule has 0 radical (unpaired) electrons. The zero-order valence-electron chi connectivity index (χ0n) is 18.6. The number of nitrogens with one attached hydrogen (secondary N) is 1. The largest absolute Gasteiger partial charge is 0.351 e. The zero-order valence-corrected chi connectivity index (χ0v) is 20.2. The van der Waals surface area contributed by atoms with Gasteiger partial charge in [0.25, 0.3) is 5.91 Å². The van der Waals surface area contributed by atoms with Crippen LogP contribution in [0.2, 0.25) is 5.02 Å². The molecule has 1 aliphatic carbocycles. The summed E-state index contributed by atoms with van der Waals surface area (Å²) in [4.78, 5) is 29.4. The molecule has 0 bridgehead atoms. The van der Waals surface area contributed by atoms with Crippen LogP contribution in [-0.4, -0.2) is 28.0 Å². The van der Waals surface area contributed by atoms with Crippen molar-refractivity contribution in [3.63, 3.8) is 0 Å². The molecule has 1 aliphatic heterocycles. The Balaban J connectivity index is 1.57. The lowest BCUT2D eigenvalue weighted by Crippen LogP contribution is -2.66. The van der Waals surface area contributed by atoms with Crippen molar-refractivity contribution in [3.05, 3.63) is 52.5 Å². The van der Waals surface area contributed by atoms with Gasteiger partial charge in [-0.15, -0.1) is 11.3 Å². The van der Waals surface area contributed by atoms with Gasteiger partial charge in [0, 0.05) is 16.8 Å². The Morgan fingerprint density at radius 3 is 2.69 bits per heavy atom. The summed E-state index contributed by atoms with van der Waals surface area (Å²) in [7, 11) is 0. The topological polar surface area (TPSA) is 54.3 Å². The van der Waals surface area contributed by atoms with Gasteiger partial charge < -0.3 is 9.88 Å². The Bertz CT molecular complexity index is 1180. The summed E-state index contributed by atoms with van der Waals surface area (Å²) >= 11 is 7.72. The fourth-order valence-electron chi connectivity index (χ4n) is 5.32. The standard InChI is InChI=1S/C25H28ClN3O2S/c1-15-5-4-6-19(16(15)2)27-24(31)25(3)14-28-20-11-12-32-22(20)13-21(28)23(30)29(25)18-9-7-17(26)8-10-18/h7-13,15-16,19H,4-6,14H2,1-3H3,(H,27,31)/t15-,16-,19+,25+/m1/s1. The molecule has 0 unspecified atom stereocenters. The number of thiophene rings is 1. The number of amides is 2. The van der Waals surface area contributed by atoms with Crippen molar-refractivity contribution < 1.29 is 9.59 Å². The molecule has 1 N–H and O–H groups in total. The number of aromatic nitrogens is 1. The predicted octanol–water partition coefficient (Wildman–Crippen LogP) is 5.72. The maximum absolute atomic E-state index is 13.9. The second kappa shape index (κ2) is 7.92. The minimum Gasteiger partial charge on any atom is -0.351 e. The summed E-state index contributed by atoms with van der Waals surface area (Å²) in [5.74, 6) is 0.716. The van der Waals surface area contributed by atoms with Gasteiger partial charge in [0.1, 0.15) is 11.2 Å². The quantitative estimate of drug-likeness (QED) is 0.533. The van der Waals surface area contributed by atoms with Gasteiger partial charge >= 0.3 is 0 Å². The van der Waals surface area contributed by atoms with Crippen molar-refractivity contribution in [1.29, 1.82) is 0 Å². The van der Waals surface area contributed by atoms with E-state index in [1.54, 1.807) is 28.4 Å². The van der Waals surface area contributed by atoms with Crippen molar-refractivity contribution in [2.45, 2.75) is 58.2 Å². The van der Waals surface area contributed by atoms with E-state index in [1.807, 2.05) is 41.1 Å². The average molecular weight is 470 g/mol. The molecule has 32 heavy (non-hydrogen) atoms. The molecule has 168 valence electrons. The van der Waals surface area contributed by atoms with Crippen LogP contribution in [0.1, 0.15) is 50.5 Å². The Morgan fingerprint density at radius 1 is 1.19 bits per heavy atom. The molecule has 2 aromatic heterocycles. The molecule has 5 nitrogen and oxygen atoms in total. The number of anilines is 1. The van der Waals surface area contributed by atoms with Gasteiger partial charge in [0.05, 0.1) is 16.8 Å². The van der Waals surface area contributed by atoms with Crippen LogP contribution in [0.3, 0.4) is 0 Å². The number of hydrogen-bond donors (Lipinski definition) is 1. The molecule has 0 spiro atoms. The summed E-state index contributed by atoms with van der Waals surface area (Å²) in [6.07, 6.45) is 3.29. The third-order valence-electron chi connectivity index (χ3n) is 7.50. The van der Waals surface area contributed by atoms with Crippen molar-refractivity contribution >= 4 is 50.7 Å². The fraction of sp³-hybridized carbons (Fsp3) is 0.440. The van der Waals surface area contributed by atoms with Crippen LogP contribution in [-0.2, 0) is 11.3 Å². The number of rotatable bonds is 3. The molecule has 3 heterocycles. The predicted molar refractivity (Wildman–Crippen MR) is 131 cm³/mol.